The summed E-state index contributed by atoms with van der Waals surface area (Å²) in [6.45, 7) is 5.80. The zero-order chi connectivity index (χ0) is 10.1. The molecule has 0 N–H and O–H groups in total. The van der Waals surface area contributed by atoms with Gasteiger partial charge in [-0.15, -0.1) is 0 Å². The minimum absolute atomic E-state index is 0.185. The molecule has 0 saturated heterocycles. The van der Waals surface area contributed by atoms with E-state index < -0.39 is 9.84 Å². The first-order valence-electron chi connectivity index (χ1n) is 4.60. The van der Waals surface area contributed by atoms with E-state index in [2.05, 4.69) is 6.92 Å². The van der Waals surface area contributed by atoms with Crippen LogP contribution in [0, 0.1) is 11.8 Å². The minimum Gasteiger partial charge on any atom is -0.224 e. The van der Waals surface area contributed by atoms with Gasteiger partial charge in [0.15, 0.2) is 9.84 Å². The van der Waals surface area contributed by atoms with E-state index in [0.717, 1.165) is 0 Å². The molecule has 1 rings (SSSR count). The number of rotatable bonds is 2. The van der Waals surface area contributed by atoms with E-state index in [1.165, 1.54) is 0 Å². The third-order valence-electron chi connectivity index (χ3n) is 2.56. The molecule has 13 heavy (non-hydrogen) atoms. The Morgan fingerprint density at radius 3 is 2.38 bits per heavy atom. The van der Waals surface area contributed by atoms with Crippen molar-refractivity contribution in [2.45, 2.75) is 20.8 Å². The molecule has 74 valence electrons. The summed E-state index contributed by atoms with van der Waals surface area (Å²) in [4.78, 5) is 0.487. The van der Waals surface area contributed by atoms with Gasteiger partial charge in [0.05, 0.1) is 10.7 Å². The van der Waals surface area contributed by atoms with E-state index in [-0.39, 0.29) is 5.75 Å². The highest BCUT2D eigenvalue weighted by molar-refractivity contribution is 7.95. The fourth-order valence-corrected chi connectivity index (χ4v) is 2.30. The zero-order valence-electron chi connectivity index (χ0n) is 8.32. The van der Waals surface area contributed by atoms with E-state index >= 15 is 0 Å². The minimum atomic E-state index is -3.00. The smallest absolute Gasteiger partial charge is 0.177 e. The van der Waals surface area contributed by atoms with Crippen molar-refractivity contribution in [3.05, 3.63) is 23.1 Å². The summed E-state index contributed by atoms with van der Waals surface area (Å²) in [5.74, 6) is 0.946. The fourth-order valence-electron chi connectivity index (χ4n) is 1.26. The molecule has 1 aliphatic carbocycles. The van der Waals surface area contributed by atoms with Gasteiger partial charge in [-0.25, -0.2) is 8.42 Å². The lowest BCUT2D eigenvalue weighted by molar-refractivity contribution is 0.548. The molecule has 0 bridgehead atoms. The van der Waals surface area contributed by atoms with Crippen molar-refractivity contribution in [2.75, 3.05) is 5.75 Å². The van der Waals surface area contributed by atoms with E-state index in [1.807, 2.05) is 19.1 Å². The number of allylic oxidation sites excluding steroid dienone is 3. The summed E-state index contributed by atoms with van der Waals surface area (Å²) in [5.41, 5.74) is 0. The zero-order valence-corrected chi connectivity index (χ0v) is 9.14. The molecule has 0 heterocycles. The second-order valence-corrected chi connectivity index (χ2v) is 5.83. The Bertz CT molecular complexity index is 336. The fraction of sp³-hybridized carbons (Fsp3) is 0.600. The molecule has 0 amide bonds. The molecule has 0 aromatic rings. The summed E-state index contributed by atoms with van der Waals surface area (Å²) in [7, 11) is -3.00. The Morgan fingerprint density at radius 2 is 1.92 bits per heavy atom. The Kier molecular flexibility index (Phi) is 2.96. The average molecular weight is 200 g/mol. The monoisotopic (exact) mass is 200 g/mol. The molecule has 1 aliphatic rings. The van der Waals surface area contributed by atoms with Crippen molar-refractivity contribution < 1.29 is 8.42 Å². The maximum absolute atomic E-state index is 11.5. The summed E-state index contributed by atoms with van der Waals surface area (Å²) in [6.07, 6.45) is 5.54. The molecule has 0 spiro atoms. The third kappa shape index (κ3) is 2.21. The van der Waals surface area contributed by atoms with Crippen LogP contribution in [0.1, 0.15) is 20.8 Å². The molecule has 2 nitrogen and oxygen atoms in total. The Labute approximate surface area is 80.3 Å². The largest absolute Gasteiger partial charge is 0.224 e. The van der Waals surface area contributed by atoms with Crippen LogP contribution in [0.15, 0.2) is 23.1 Å². The lowest BCUT2D eigenvalue weighted by Crippen LogP contribution is -2.13. The number of sulfone groups is 1. The molecule has 0 aliphatic heterocycles. The van der Waals surface area contributed by atoms with Crippen molar-refractivity contribution in [1.29, 1.82) is 0 Å². The van der Waals surface area contributed by atoms with Gasteiger partial charge >= 0.3 is 0 Å². The lowest BCUT2D eigenvalue weighted by Gasteiger charge is -2.18. The molecule has 0 unspecified atom stereocenters. The van der Waals surface area contributed by atoms with Crippen LogP contribution in [0.25, 0.3) is 0 Å². The standard InChI is InChI=1S/C10H16O2S/c1-4-13(11,12)10-6-5-8(2)9(3)7-10/h5-9H,4H2,1-3H3/t8-,9+/m0/s1. The van der Waals surface area contributed by atoms with E-state index in [9.17, 15) is 8.42 Å². The van der Waals surface area contributed by atoms with Crippen molar-refractivity contribution >= 4 is 9.84 Å². The Morgan fingerprint density at radius 1 is 1.31 bits per heavy atom. The molecule has 0 aromatic carbocycles. The predicted octanol–water partition coefficient (Wildman–Crippen LogP) is 2.15. The maximum atomic E-state index is 11.5. The first-order valence-corrected chi connectivity index (χ1v) is 6.25. The number of hydrogen-bond acceptors (Lipinski definition) is 2. The van der Waals surface area contributed by atoms with E-state index in [0.29, 0.717) is 16.7 Å². The number of hydrogen-bond donors (Lipinski definition) is 0. The van der Waals surface area contributed by atoms with Crippen LogP contribution in [0.5, 0.6) is 0 Å². The maximum Gasteiger partial charge on any atom is 0.177 e. The molecule has 0 radical (unpaired) electrons. The van der Waals surface area contributed by atoms with Crippen LogP contribution >= 0.6 is 0 Å². The summed E-state index contributed by atoms with van der Waals surface area (Å²) >= 11 is 0. The predicted molar refractivity (Wildman–Crippen MR) is 55.0 cm³/mol. The van der Waals surface area contributed by atoms with Gasteiger partial charge in [0, 0.05) is 0 Å². The van der Waals surface area contributed by atoms with Gasteiger partial charge in [-0.3, -0.25) is 0 Å². The van der Waals surface area contributed by atoms with Crippen molar-refractivity contribution in [2.24, 2.45) is 11.8 Å². The third-order valence-corrected chi connectivity index (χ3v) is 4.31. The van der Waals surface area contributed by atoms with Crippen LogP contribution in [0.2, 0.25) is 0 Å². The second kappa shape index (κ2) is 3.66. The van der Waals surface area contributed by atoms with Gasteiger partial charge < -0.3 is 0 Å². The lowest BCUT2D eigenvalue weighted by atomic mass is 9.92. The van der Waals surface area contributed by atoms with Crippen LogP contribution in [-0.2, 0) is 9.84 Å². The van der Waals surface area contributed by atoms with E-state index in [1.54, 1.807) is 13.0 Å². The molecule has 0 saturated carbocycles. The van der Waals surface area contributed by atoms with Crippen LogP contribution in [0.3, 0.4) is 0 Å². The Balaban J connectivity index is 2.98. The summed E-state index contributed by atoms with van der Waals surface area (Å²) in [6, 6.07) is 0. The molecule has 0 fully saturated rings. The normalized spacial score (nSPS) is 28.7. The highest BCUT2D eigenvalue weighted by Crippen LogP contribution is 2.24. The average Bonchev–Trinajstić information content (AvgIpc) is 2.09. The van der Waals surface area contributed by atoms with Crippen molar-refractivity contribution in [3.8, 4) is 0 Å². The molecular weight excluding hydrogens is 184 g/mol. The van der Waals surface area contributed by atoms with Crippen molar-refractivity contribution in [1.82, 2.24) is 0 Å². The van der Waals surface area contributed by atoms with Crippen LogP contribution in [-0.4, -0.2) is 14.2 Å². The topological polar surface area (TPSA) is 34.1 Å². The molecular formula is C10H16O2S. The first kappa shape index (κ1) is 10.5. The van der Waals surface area contributed by atoms with Crippen LogP contribution in [0.4, 0.5) is 0 Å². The SMILES string of the molecule is CCS(=O)(=O)C1=C[C@@H](C)[C@@H](C)C=C1. The van der Waals surface area contributed by atoms with Gasteiger partial charge in [0.2, 0.25) is 0 Å². The first-order chi connectivity index (χ1) is 5.97. The highest BCUT2D eigenvalue weighted by atomic mass is 32.2. The van der Waals surface area contributed by atoms with Crippen LogP contribution < -0.4 is 0 Å². The molecule has 2 atom stereocenters. The van der Waals surface area contributed by atoms with Gasteiger partial charge in [-0.1, -0.05) is 32.9 Å². The summed E-state index contributed by atoms with van der Waals surface area (Å²) in [5, 5.41) is 0. The molecule has 3 heteroatoms. The van der Waals surface area contributed by atoms with Gasteiger partial charge in [0.25, 0.3) is 0 Å². The Hall–Kier alpha value is -0.570. The highest BCUT2D eigenvalue weighted by Gasteiger charge is 2.19. The van der Waals surface area contributed by atoms with Crippen molar-refractivity contribution in [3.63, 3.8) is 0 Å². The quantitative estimate of drug-likeness (QED) is 0.684. The van der Waals surface area contributed by atoms with Gasteiger partial charge in [-0.2, -0.15) is 0 Å². The van der Waals surface area contributed by atoms with E-state index in [4.69, 9.17) is 0 Å². The van der Waals surface area contributed by atoms with Gasteiger partial charge in [-0.05, 0) is 17.9 Å². The summed E-state index contributed by atoms with van der Waals surface area (Å²) < 4.78 is 23.0. The van der Waals surface area contributed by atoms with Gasteiger partial charge in [0.1, 0.15) is 0 Å². The molecule has 0 aromatic heterocycles. The second-order valence-electron chi connectivity index (χ2n) is 3.55.